The van der Waals surface area contributed by atoms with Crippen molar-refractivity contribution in [1.82, 2.24) is 0 Å². The predicted molar refractivity (Wildman–Crippen MR) is 43.1 cm³/mol. The molecule has 1 aromatic carbocycles. The van der Waals surface area contributed by atoms with Gasteiger partial charge in [-0.3, -0.25) is 9.36 Å². The first-order chi connectivity index (χ1) is 5.25. The molecule has 0 spiro atoms. The summed E-state index contributed by atoms with van der Waals surface area (Å²) < 4.78 is 10.2. The fraction of sp³-hybridized carbons (Fsp3) is 0.125. The Kier molecular flexibility index (Phi) is 2.50. The standard InChI is InChI=1S/C8H7O2P/c1-6-4-2-3-5-7(6)8(9)11-10/h2-5H,1H3. The Bertz CT molecular complexity index is 294. The first-order valence-electron chi connectivity index (χ1n) is 3.19. The van der Waals surface area contributed by atoms with Gasteiger partial charge in [0.15, 0.2) is 0 Å². The average molecular weight is 166 g/mol. The maximum absolute atomic E-state index is 10.9. The smallest absolute Gasteiger partial charge is 0.253 e. The van der Waals surface area contributed by atoms with Crippen molar-refractivity contribution in [3.63, 3.8) is 0 Å². The number of hydrogen-bond donors (Lipinski definition) is 0. The lowest BCUT2D eigenvalue weighted by atomic mass is 10.1. The van der Waals surface area contributed by atoms with Gasteiger partial charge in [0.1, 0.15) is 0 Å². The van der Waals surface area contributed by atoms with E-state index in [1.165, 1.54) is 0 Å². The maximum atomic E-state index is 10.9. The zero-order valence-corrected chi connectivity index (χ0v) is 6.97. The summed E-state index contributed by atoms with van der Waals surface area (Å²) in [5, 5.41) is 0. The second kappa shape index (κ2) is 3.40. The van der Waals surface area contributed by atoms with Gasteiger partial charge in [0.25, 0.3) is 5.52 Å². The summed E-state index contributed by atoms with van der Waals surface area (Å²) in [6.07, 6.45) is 0. The molecule has 0 aromatic heterocycles. The molecule has 1 rings (SSSR count). The average Bonchev–Trinajstić information content (AvgIpc) is 2.04. The van der Waals surface area contributed by atoms with E-state index in [0.717, 1.165) is 5.56 Å². The number of rotatable bonds is 2. The molecule has 0 atom stereocenters. The van der Waals surface area contributed by atoms with Crippen LogP contribution in [0.2, 0.25) is 0 Å². The number of carbonyl (C=O) groups is 1. The molecule has 0 heterocycles. The first kappa shape index (κ1) is 8.09. The van der Waals surface area contributed by atoms with Gasteiger partial charge in [0.05, 0.1) is 0 Å². The quantitative estimate of drug-likeness (QED) is 0.632. The van der Waals surface area contributed by atoms with Crippen LogP contribution < -0.4 is 0 Å². The fourth-order valence-corrected chi connectivity index (χ4v) is 1.21. The summed E-state index contributed by atoms with van der Waals surface area (Å²) in [6.45, 7) is 1.82. The Hall–Kier alpha value is -1.01. The molecule has 0 bridgehead atoms. The molecule has 0 saturated carbocycles. The molecule has 0 fully saturated rings. The molecule has 0 aliphatic rings. The summed E-state index contributed by atoms with van der Waals surface area (Å²) in [4.78, 5) is 10.9. The van der Waals surface area contributed by atoms with Crippen molar-refractivity contribution < 1.29 is 9.36 Å². The minimum Gasteiger partial charge on any atom is -0.280 e. The molecule has 0 saturated heterocycles. The van der Waals surface area contributed by atoms with Gasteiger partial charge < -0.3 is 0 Å². The van der Waals surface area contributed by atoms with Crippen molar-refractivity contribution in [2.75, 3.05) is 0 Å². The third-order valence-electron chi connectivity index (χ3n) is 1.46. The van der Waals surface area contributed by atoms with Crippen molar-refractivity contribution in [3.05, 3.63) is 35.4 Å². The van der Waals surface area contributed by atoms with E-state index >= 15 is 0 Å². The molecular weight excluding hydrogens is 159 g/mol. The Morgan fingerprint density at radius 2 is 2.00 bits per heavy atom. The minimum atomic E-state index is -0.440. The molecule has 0 N–H and O–H groups in total. The Labute approximate surface area is 66.4 Å². The van der Waals surface area contributed by atoms with Crippen molar-refractivity contribution in [3.8, 4) is 0 Å². The lowest BCUT2D eigenvalue weighted by Gasteiger charge is -1.96. The predicted octanol–water partition coefficient (Wildman–Crippen LogP) is 2.43. The highest BCUT2D eigenvalue weighted by Gasteiger charge is 2.06. The molecule has 2 nitrogen and oxygen atoms in total. The highest BCUT2D eigenvalue weighted by Crippen LogP contribution is 2.13. The lowest BCUT2D eigenvalue weighted by molar-refractivity contribution is 0.108. The van der Waals surface area contributed by atoms with Crippen LogP contribution in [0.25, 0.3) is 0 Å². The van der Waals surface area contributed by atoms with Gasteiger partial charge in [0, 0.05) is 5.56 Å². The van der Waals surface area contributed by atoms with E-state index < -0.39 is 8.46 Å². The molecule has 1 aromatic rings. The molecule has 0 aliphatic carbocycles. The van der Waals surface area contributed by atoms with Crippen LogP contribution in [0.3, 0.4) is 0 Å². The number of benzene rings is 1. The molecule has 0 unspecified atom stereocenters. The van der Waals surface area contributed by atoms with Gasteiger partial charge in [-0.05, 0) is 12.5 Å². The summed E-state index contributed by atoms with van der Waals surface area (Å²) in [5.41, 5.74) is 1.04. The minimum absolute atomic E-state index is 0.358. The van der Waals surface area contributed by atoms with Crippen LogP contribution in [0.1, 0.15) is 15.9 Å². The Morgan fingerprint density at radius 1 is 1.36 bits per heavy atom. The molecule has 56 valence electrons. The van der Waals surface area contributed by atoms with E-state index in [1.807, 2.05) is 19.1 Å². The number of hydrogen-bond acceptors (Lipinski definition) is 2. The van der Waals surface area contributed by atoms with Crippen LogP contribution in [-0.2, 0) is 4.57 Å². The molecule has 3 heteroatoms. The van der Waals surface area contributed by atoms with Crippen LogP contribution in [0.4, 0.5) is 0 Å². The van der Waals surface area contributed by atoms with Crippen LogP contribution in [0.5, 0.6) is 0 Å². The van der Waals surface area contributed by atoms with E-state index in [1.54, 1.807) is 12.1 Å². The van der Waals surface area contributed by atoms with Gasteiger partial charge >= 0.3 is 0 Å². The first-order valence-corrected chi connectivity index (χ1v) is 4.00. The molecule has 0 radical (unpaired) electrons. The second-order valence-electron chi connectivity index (χ2n) is 2.21. The van der Waals surface area contributed by atoms with Crippen LogP contribution >= 0.6 is 8.46 Å². The van der Waals surface area contributed by atoms with E-state index in [4.69, 9.17) is 0 Å². The van der Waals surface area contributed by atoms with Crippen LogP contribution in [0.15, 0.2) is 24.3 Å². The lowest BCUT2D eigenvalue weighted by Crippen LogP contribution is -1.91. The number of aryl methyl sites for hydroxylation is 1. The van der Waals surface area contributed by atoms with Gasteiger partial charge in [-0.25, -0.2) is 0 Å². The Balaban J connectivity index is 3.13. The zero-order valence-electron chi connectivity index (χ0n) is 6.07. The van der Waals surface area contributed by atoms with Crippen molar-refractivity contribution in [2.24, 2.45) is 0 Å². The summed E-state index contributed by atoms with van der Waals surface area (Å²) in [6, 6.07) is 7.08. The molecular formula is C8H7O2P. The fourth-order valence-electron chi connectivity index (χ4n) is 0.862. The van der Waals surface area contributed by atoms with E-state index in [2.05, 4.69) is 0 Å². The van der Waals surface area contributed by atoms with Crippen molar-refractivity contribution >= 4 is 14.0 Å². The molecule has 0 amide bonds. The second-order valence-corrected chi connectivity index (χ2v) is 2.80. The number of carbonyl (C=O) groups excluding carboxylic acids is 1. The van der Waals surface area contributed by atoms with Gasteiger partial charge in [-0.1, -0.05) is 24.3 Å². The normalized spacial score (nSPS) is 9.91. The highest BCUT2D eigenvalue weighted by atomic mass is 31.1. The highest BCUT2D eigenvalue weighted by molar-refractivity contribution is 7.47. The van der Waals surface area contributed by atoms with E-state index in [0.29, 0.717) is 5.56 Å². The van der Waals surface area contributed by atoms with Gasteiger partial charge in [-0.15, -0.1) is 0 Å². The van der Waals surface area contributed by atoms with Crippen molar-refractivity contribution in [1.29, 1.82) is 0 Å². The third kappa shape index (κ3) is 1.72. The van der Waals surface area contributed by atoms with E-state index in [9.17, 15) is 9.36 Å². The summed E-state index contributed by atoms with van der Waals surface area (Å²) >= 11 is 0. The largest absolute Gasteiger partial charge is 0.280 e. The molecule has 11 heavy (non-hydrogen) atoms. The SMILES string of the molecule is Cc1ccccc1C(=O)P=O. The Morgan fingerprint density at radius 3 is 2.55 bits per heavy atom. The maximum Gasteiger partial charge on any atom is 0.253 e. The summed E-state index contributed by atoms with van der Waals surface area (Å²) in [5.74, 6) is 0. The third-order valence-corrected chi connectivity index (χ3v) is 1.87. The zero-order chi connectivity index (χ0) is 8.27. The van der Waals surface area contributed by atoms with Crippen molar-refractivity contribution in [2.45, 2.75) is 6.92 Å². The van der Waals surface area contributed by atoms with Gasteiger partial charge in [0.2, 0.25) is 8.46 Å². The van der Waals surface area contributed by atoms with E-state index in [-0.39, 0.29) is 5.52 Å². The van der Waals surface area contributed by atoms with Crippen LogP contribution in [0, 0.1) is 6.92 Å². The summed E-state index contributed by atoms with van der Waals surface area (Å²) in [7, 11) is -0.440. The van der Waals surface area contributed by atoms with Gasteiger partial charge in [-0.2, -0.15) is 0 Å². The van der Waals surface area contributed by atoms with Crippen LogP contribution in [-0.4, -0.2) is 5.52 Å². The monoisotopic (exact) mass is 166 g/mol. The topological polar surface area (TPSA) is 34.1 Å². The molecule has 0 aliphatic heterocycles.